The van der Waals surface area contributed by atoms with Crippen LogP contribution in [-0.2, 0) is 15.2 Å². The molecule has 0 aliphatic rings. The highest BCUT2D eigenvalue weighted by Crippen LogP contribution is 2.12. The van der Waals surface area contributed by atoms with E-state index in [0.717, 1.165) is 19.1 Å². The summed E-state index contributed by atoms with van der Waals surface area (Å²) in [5.74, 6) is 0. The Morgan fingerprint density at radius 2 is 0.957 bits per heavy atom. The lowest BCUT2D eigenvalue weighted by atomic mass is 10.0. The van der Waals surface area contributed by atoms with Crippen LogP contribution in [0.3, 0.4) is 0 Å². The maximum absolute atomic E-state index is 10.1. The van der Waals surface area contributed by atoms with Crippen molar-refractivity contribution in [1.82, 2.24) is 0 Å². The zero-order valence-electron chi connectivity index (χ0n) is 14.0. The molecule has 23 heavy (non-hydrogen) atoms. The number of rotatable bonds is 14. The molecule has 0 radical (unpaired) electrons. The van der Waals surface area contributed by atoms with Crippen LogP contribution in [0.4, 0.5) is 0 Å². The summed E-state index contributed by atoms with van der Waals surface area (Å²) in [6.45, 7) is 2.27. The van der Waals surface area contributed by atoms with Crippen molar-refractivity contribution in [2.24, 2.45) is 0 Å². The molecule has 0 atom stereocenters. The molecule has 0 saturated carbocycles. The molecule has 0 saturated heterocycles. The smallest absolute Gasteiger partial charge is 0.303 e. The lowest BCUT2D eigenvalue weighted by Gasteiger charge is -2.02. The van der Waals surface area contributed by atoms with E-state index in [9.17, 15) is 4.79 Å². The van der Waals surface area contributed by atoms with Crippen molar-refractivity contribution in [3.63, 3.8) is 0 Å². The molecule has 0 aromatic heterocycles. The van der Waals surface area contributed by atoms with Crippen LogP contribution in [0.1, 0.15) is 96.8 Å². The number of hydrogen-bond acceptors (Lipinski definition) is 3. The van der Waals surface area contributed by atoms with E-state index in [2.05, 4.69) is 6.92 Å². The number of carbonyl (C=O) groups is 1. The van der Waals surface area contributed by atoms with Gasteiger partial charge in [0.05, 0.1) is 0 Å². The van der Waals surface area contributed by atoms with E-state index in [1.165, 1.54) is 77.0 Å². The van der Waals surface area contributed by atoms with Crippen LogP contribution >= 0.6 is 0 Å². The zero-order chi connectivity index (χ0) is 17.1. The SMILES string of the molecule is CCCCCCCCCCCCCCCC=O.O=S(=O)(O)O.[AlH3]. The van der Waals surface area contributed by atoms with Crippen molar-refractivity contribution in [2.75, 3.05) is 0 Å². The van der Waals surface area contributed by atoms with Gasteiger partial charge in [-0.15, -0.1) is 0 Å². The summed E-state index contributed by atoms with van der Waals surface area (Å²) in [4.78, 5) is 10.1. The van der Waals surface area contributed by atoms with E-state index < -0.39 is 10.4 Å². The summed E-state index contributed by atoms with van der Waals surface area (Å²) in [7, 11) is -4.67. The molecule has 0 spiro atoms. The molecule has 5 nitrogen and oxygen atoms in total. The first kappa shape index (κ1) is 27.9. The second-order valence-corrected chi connectivity index (χ2v) is 6.54. The molecule has 0 bridgehead atoms. The highest BCUT2D eigenvalue weighted by atomic mass is 32.3. The monoisotopic (exact) mass is 368 g/mol. The number of aldehydes is 1. The van der Waals surface area contributed by atoms with E-state index in [0.29, 0.717) is 0 Å². The van der Waals surface area contributed by atoms with E-state index in [1.807, 2.05) is 0 Å². The van der Waals surface area contributed by atoms with Gasteiger partial charge in [0.25, 0.3) is 0 Å². The molecular weight excluding hydrogens is 331 g/mol. The van der Waals surface area contributed by atoms with E-state index >= 15 is 0 Å². The third-order valence-corrected chi connectivity index (χ3v) is 3.43. The second-order valence-electron chi connectivity index (χ2n) is 5.65. The van der Waals surface area contributed by atoms with Crippen LogP contribution in [0, 0.1) is 0 Å². The molecule has 0 fully saturated rings. The molecule has 0 unspecified atom stereocenters. The molecule has 0 aliphatic carbocycles. The second kappa shape index (κ2) is 22.1. The van der Waals surface area contributed by atoms with Crippen LogP contribution < -0.4 is 0 Å². The minimum atomic E-state index is -4.67. The maximum atomic E-state index is 10.1. The van der Waals surface area contributed by atoms with E-state index in [1.54, 1.807) is 0 Å². The highest BCUT2D eigenvalue weighted by Gasteiger charge is 1.93. The van der Waals surface area contributed by atoms with Gasteiger partial charge in [0.15, 0.2) is 17.4 Å². The van der Waals surface area contributed by atoms with Crippen molar-refractivity contribution < 1.29 is 22.3 Å². The fourth-order valence-corrected chi connectivity index (χ4v) is 2.25. The van der Waals surface area contributed by atoms with Crippen LogP contribution in [-0.4, -0.2) is 41.2 Å². The van der Waals surface area contributed by atoms with Crippen molar-refractivity contribution >= 4 is 34.0 Å². The summed E-state index contributed by atoms with van der Waals surface area (Å²) in [6.07, 6.45) is 19.6. The molecule has 2 N–H and O–H groups in total. The van der Waals surface area contributed by atoms with Crippen LogP contribution in [0.15, 0.2) is 0 Å². The van der Waals surface area contributed by atoms with Crippen LogP contribution in [0.25, 0.3) is 0 Å². The van der Waals surface area contributed by atoms with E-state index in [4.69, 9.17) is 17.5 Å². The summed E-state index contributed by atoms with van der Waals surface area (Å²) >= 11 is 0. The molecule has 0 aromatic rings. The molecule has 0 rings (SSSR count). The van der Waals surface area contributed by atoms with Gasteiger partial charge in [-0.3, -0.25) is 9.11 Å². The third kappa shape index (κ3) is 44.9. The summed E-state index contributed by atoms with van der Waals surface area (Å²) in [5, 5.41) is 0. The molecule has 0 aliphatic heterocycles. The fourth-order valence-electron chi connectivity index (χ4n) is 2.25. The van der Waals surface area contributed by atoms with Gasteiger partial charge < -0.3 is 4.79 Å². The Bertz CT molecular complexity index is 312. The van der Waals surface area contributed by atoms with Crippen molar-refractivity contribution in [2.45, 2.75) is 96.8 Å². The van der Waals surface area contributed by atoms with Crippen molar-refractivity contribution in [3.05, 3.63) is 0 Å². The number of unbranched alkanes of at least 4 members (excludes halogenated alkanes) is 13. The van der Waals surface area contributed by atoms with Gasteiger partial charge in [0.2, 0.25) is 0 Å². The fraction of sp³-hybridized carbons (Fsp3) is 0.938. The maximum Gasteiger partial charge on any atom is 0.394 e. The Labute approximate surface area is 153 Å². The highest BCUT2D eigenvalue weighted by molar-refractivity contribution is 7.79. The van der Waals surface area contributed by atoms with Gasteiger partial charge >= 0.3 is 10.4 Å². The average molecular weight is 369 g/mol. The first-order chi connectivity index (χ1) is 10.4. The minimum absolute atomic E-state index is 0. The largest absolute Gasteiger partial charge is 0.394 e. The Morgan fingerprint density at radius 1 is 0.696 bits per heavy atom. The Kier molecular flexibility index (Phi) is 26.8. The van der Waals surface area contributed by atoms with Crippen molar-refractivity contribution in [3.8, 4) is 0 Å². The Morgan fingerprint density at radius 3 is 1.22 bits per heavy atom. The molecule has 140 valence electrons. The number of carbonyl (C=O) groups excluding carboxylic acids is 1. The van der Waals surface area contributed by atoms with Gasteiger partial charge in [0, 0.05) is 6.42 Å². The Hall–Kier alpha value is 0.0725. The lowest BCUT2D eigenvalue weighted by Crippen LogP contribution is -1.89. The number of hydrogen-bond donors (Lipinski definition) is 2. The topological polar surface area (TPSA) is 91.7 Å². The van der Waals surface area contributed by atoms with E-state index in [-0.39, 0.29) is 17.4 Å². The van der Waals surface area contributed by atoms with Gasteiger partial charge in [0.1, 0.15) is 6.29 Å². The van der Waals surface area contributed by atoms with Gasteiger partial charge in [-0.1, -0.05) is 84.0 Å². The molecule has 7 heteroatoms. The molecular formula is C16H37AlO5S. The first-order valence-corrected chi connectivity index (χ1v) is 9.95. The molecule has 0 amide bonds. The quantitative estimate of drug-likeness (QED) is 0.210. The van der Waals surface area contributed by atoms with Crippen molar-refractivity contribution in [1.29, 1.82) is 0 Å². The predicted molar refractivity (Wildman–Crippen MR) is 100 cm³/mol. The standard InChI is InChI=1S/C16H32O.Al.H2O4S.3H/c1-2-3-4-5-6-7-8-9-10-11-12-13-14-15-16-17;;1-5(2,3)4;;;/h16H,2-15H2,1H3;;(H2,1,2,3,4);;;. The normalized spacial score (nSPS) is 10.4. The van der Waals surface area contributed by atoms with Gasteiger partial charge in [-0.2, -0.15) is 8.42 Å². The Balaban J connectivity index is -0.000000578. The minimum Gasteiger partial charge on any atom is -0.303 e. The average Bonchev–Trinajstić information content (AvgIpc) is 2.42. The predicted octanol–water partition coefficient (Wildman–Crippen LogP) is 3.83. The summed E-state index contributed by atoms with van der Waals surface area (Å²) in [5.41, 5.74) is 0. The third-order valence-electron chi connectivity index (χ3n) is 3.43. The van der Waals surface area contributed by atoms with Crippen LogP contribution in [0.2, 0.25) is 0 Å². The van der Waals surface area contributed by atoms with Gasteiger partial charge in [-0.05, 0) is 6.42 Å². The zero-order valence-corrected chi connectivity index (χ0v) is 14.8. The van der Waals surface area contributed by atoms with Gasteiger partial charge in [-0.25, -0.2) is 0 Å². The first-order valence-electron chi connectivity index (χ1n) is 8.55. The summed E-state index contributed by atoms with van der Waals surface area (Å²) in [6, 6.07) is 0. The molecule has 0 heterocycles. The lowest BCUT2D eigenvalue weighted by molar-refractivity contribution is -0.107. The summed E-state index contributed by atoms with van der Waals surface area (Å²) < 4.78 is 31.6. The van der Waals surface area contributed by atoms with Crippen LogP contribution in [0.5, 0.6) is 0 Å². The molecule has 0 aromatic carbocycles.